The van der Waals surface area contributed by atoms with Gasteiger partial charge in [0.15, 0.2) is 5.78 Å². The minimum absolute atomic E-state index is 0.0736. The molecular formula is C19H17N3O4S. The van der Waals surface area contributed by atoms with Gasteiger partial charge in [-0.15, -0.1) is 10.2 Å². The number of ether oxygens (including phenoxy) is 1. The lowest BCUT2D eigenvalue weighted by Crippen LogP contribution is -2.07. The summed E-state index contributed by atoms with van der Waals surface area (Å²) >= 11 is 1.17. The van der Waals surface area contributed by atoms with E-state index in [0.29, 0.717) is 28.1 Å². The summed E-state index contributed by atoms with van der Waals surface area (Å²) in [5.74, 6) is 0.990. The molecule has 0 atom stereocenters. The maximum absolute atomic E-state index is 12.3. The van der Waals surface area contributed by atoms with Crippen LogP contribution in [0.25, 0.3) is 11.5 Å². The summed E-state index contributed by atoms with van der Waals surface area (Å²) < 4.78 is 10.8. The Morgan fingerprint density at radius 2 is 1.93 bits per heavy atom. The number of carbonyl (C=O) groups excluding carboxylic acids is 2. The first-order chi connectivity index (χ1) is 13.0. The van der Waals surface area contributed by atoms with Crippen LogP contribution in [-0.4, -0.2) is 34.8 Å². The second-order valence-corrected chi connectivity index (χ2v) is 6.50. The van der Waals surface area contributed by atoms with E-state index in [0.717, 1.165) is 5.56 Å². The fraction of sp³-hybridized carbons (Fsp3) is 0.158. The SMILES string of the molecule is COc1cccc(-c2nnc(SCC(=O)c3ccc(NC(C)=O)cc3)o2)c1. The molecule has 1 heterocycles. The largest absolute Gasteiger partial charge is 0.497 e. The fourth-order valence-electron chi connectivity index (χ4n) is 2.29. The Labute approximate surface area is 160 Å². The first-order valence-corrected chi connectivity index (χ1v) is 9.05. The lowest BCUT2D eigenvalue weighted by Gasteiger charge is -2.03. The Bertz CT molecular complexity index is 954. The third-order valence-electron chi connectivity index (χ3n) is 3.58. The number of nitrogens with one attached hydrogen (secondary N) is 1. The molecule has 0 saturated heterocycles. The van der Waals surface area contributed by atoms with Gasteiger partial charge >= 0.3 is 0 Å². The van der Waals surface area contributed by atoms with Gasteiger partial charge in [-0.3, -0.25) is 9.59 Å². The highest BCUT2D eigenvalue weighted by molar-refractivity contribution is 7.99. The van der Waals surface area contributed by atoms with Crippen LogP contribution in [0.5, 0.6) is 5.75 Å². The van der Waals surface area contributed by atoms with E-state index in [9.17, 15) is 9.59 Å². The number of aromatic nitrogens is 2. The van der Waals surface area contributed by atoms with Crippen molar-refractivity contribution in [1.82, 2.24) is 10.2 Å². The van der Waals surface area contributed by atoms with E-state index in [1.54, 1.807) is 37.4 Å². The summed E-state index contributed by atoms with van der Waals surface area (Å²) in [7, 11) is 1.59. The number of anilines is 1. The maximum Gasteiger partial charge on any atom is 0.277 e. The van der Waals surface area contributed by atoms with E-state index < -0.39 is 0 Å². The number of carbonyl (C=O) groups is 2. The van der Waals surface area contributed by atoms with Crippen LogP contribution in [0.4, 0.5) is 5.69 Å². The van der Waals surface area contributed by atoms with Crippen LogP contribution in [-0.2, 0) is 4.79 Å². The highest BCUT2D eigenvalue weighted by atomic mass is 32.2. The van der Waals surface area contributed by atoms with Crippen molar-refractivity contribution in [3.05, 3.63) is 54.1 Å². The van der Waals surface area contributed by atoms with Gasteiger partial charge in [0.2, 0.25) is 11.8 Å². The van der Waals surface area contributed by atoms with Gasteiger partial charge in [-0.05, 0) is 42.5 Å². The third-order valence-corrected chi connectivity index (χ3v) is 4.40. The van der Waals surface area contributed by atoms with Crippen LogP contribution in [0.2, 0.25) is 0 Å². The molecule has 0 radical (unpaired) electrons. The molecule has 138 valence electrons. The van der Waals surface area contributed by atoms with E-state index in [1.807, 2.05) is 18.2 Å². The van der Waals surface area contributed by atoms with Crippen LogP contribution in [0.1, 0.15) is 17.3 Å². The number of benzene rings is 2. The van der Waals surface area contributed by atoms with Crippen molar-refractivity contribution >= 4 is 29.1 Å². The molecule has 7 nitrogen and oxygen atoms in total. The normalized spacial score (nSPS) is 10.4. The molecule has 1 N–H and O–H groups in total. The van der Waals surface area contributed by atoms with Gasteiger partial charge in [-0.1, -0.05) is 17.8 Å². The number of rotatable bonds is 7. The van der Waals surface area contributed by atoms with Crippen molar-refractivity contribution in [2.75, 3.05) is 18.2 Å². The molecule has 1 amide bonds. The minimum Gasteiger partial charge on any atom is -0.497 e. The molecule has 1 aromatic heterocycles. The zero-order valence-corrected chi connectivity index (χ0v) is 15.6. The molecule has 8 heteroatoms. The first kappa shape index (κ1) is 18.7. The number of thioether (sulfide) groups is 1. The Hall–Kier alpha value is -3.13. The second kappa shape index (κ2) is 8.50. The molecule has 0 aliphatic heterocycles. The zero-order chi connectivity index (χ0) is 19.2. The van der Waals surface area contributed by atoms with Crippen molar-refractivity contribution in [2.24, 2.45) is 0 Å². The molecule has 0 aliphatic rings. The number of hydrogen-bond acceptors (Lipinski definition) is 7. The van der Waals surface area contributed by atoms with Crippen LogP contribution in [0.15, 0.2) is 58.2 Å². The third kappa shape index (κ3) is 4.95. The predicted octanol–water partition coefficient (Wildman–Crippen LogP) is 3.68. The smallest absolute Gasteiger partial charge is 0.277 e. The quantitative estimate of drug-likeness (QED) is 0.491. The number of amides is 1. The van der Waals surface area contributed by atoms with E-state index in [-0.39, 0.29) is 17.4 Å². The van der Waals surface area contributed by atoms with Crippen molar-refractivity contribution in [1.29, 1.82) is 0 Å². The van der Waals surface area contributed by atoms with E-state index in [4.69, 9.17) is 9.15 Å². The summed E-state index contributed by atoms with van der Waals surface area (Å²) in [5.41, 5.74) is 1.93. The monoisotopic (exact) mass is 383 g/mol. The van der Waals surface area contributed by atoms with Crippen molar-refractivity contribution in [3.8, 4) is 17.2 Å². The van der Waals surface area contributed by atoms with Gasteiger partial charge < -0.3 is 14.5 Å². The number of nitrogens with zero attached hydrogens (tertiary/aromatic N) is 2. The summed E-state index contributed by atoms with van der Waals surface area (Å²) in [6, 6.07) is 14.0. The Kier molecular flexibility index (Phi) is 5.87. The highest BCUT2D eigenvalue weighted by Gasteiger charge is 2.13. The van der Waals surface area contributed by atoms with E-state index in [2.05, 4.69) is 15.5 Å². The average molecular weight is 383 g/mol. The highest BCUT2D eigenvalue weighted by Crippen LogP contribution is 2.26. The lowest BCUT2D eigenvalue weighted by molar-refractivity contribution is -0.114. The van der Waals surface area contributed by atoms with E-state index >= 15 is 0 Å². The molecule has 2 aromatic carbocycles. The molecule has 27 heavy (non-hydrogen) atoms. The number of ketones is 1. The van der Waals surface area contributed by atoms with Gasteiger partial charge in [0, 0.05) is 23.7 Å². The van der Waals surface area contributed by atoms with Crippen LogP contribution in [0, 0.1) is 0 Å². The zero-order valence-electron chi connectivity index (χ0n) is 14.8. The van der Waals surface area contributed by atoms with Crippen molar-refractivity contribution in [3.63, 3.8) is 0 Å². The fourth-order valence-corrected chi connectivity index (χ4v) is 2.95. The topological polar surface area (TPSA) is 94.3 Å². The molecule has 0 unspecified atom stereocenters. The summed E-state index contributed by atoms with van der Waals surface area (Å²) in [6.45, 7) is 1.43. The molecule has 0 spiro atoms. The number of Topliss-reactive ketones (excluding diaryl/α,β-unsaturated/α-hetero) is 1. The van der Waals surface area contributed by atoms with Crippen molar-refractivity contribution < 1.29 is 18.7 Å². The maximum atomic E-state index is 12.3. The molecule has 3 rings (SSSR count). The van der Waals surface area contributed by atoms with E-state index in [1.165, 1.54) is 18.7 Å². The molecule has 0 aliphatic carbocycles. The predicted molar refractivity (Wildman–Crippen MR) is 102 cm³/mol. The van der Waals surface area contributed by atoms with Crippen LogP contribution < -0.4 is 10.1 Å². The van der Waals surface area contributed by atoms with Gasteiger partial charge in [-0.25, -0.2) is 0 Å². The molecule has 0 bridgehead atoms. The second-order valence-electron chi connectivity index (χ2n) is 5.58. The van der Waals surface area contributed by atoms with Gasteiger partial charge in [0.1, 0.15) is 5.75 Å². The minimum atomic E-state index is -0.159. The standard InChI is InChI=1S/C19H17N3O4S/c1-12(23)20-15-8-6-13(7-9-15)17(24)11-27-19-22-21-18(26-19)14-4-3-5-16(10-14)25-2/h3-10H,11H2,1-2H3,(H,20,23). The summed E-state index contributed by atoms with van der Waals surface area (Å²) in [6.07, 6.45) is 0. The van der Waals surface area contributed by atoms with Crippen LogP contribution >= 0.6 is 11.8 Å². The first-order valence-electron chi connectivity index (χ1n) is 8.07. The van der Waals surface area contributed by atoms with Gasteiger partial charge in [-0.2, -0.15) is 0 Å². The summed E-state index contributed by atoms with van der Waals surface area (Å²) in [4.78, 5) is 23.3. The summed E-state index contributed by atoms with van der Waals surface area (Å²) in [5, 5.41) is 10.9. The van der Waals surface area contributed by atoms with Crippen LogP contribution in [0.3, 0.4) is 0 Å². The van der Waals surface area contributed by atoms with Gasteiger partial charge in [0.25, 0.3) is 5.22 Å². The lowest BCUT2D eigenvalue weighted by atomic mass is 10.1. The number of hydrogen-bond donors (Lipinski definition) is 1. The molecule has 3 aromatic rings. The average Bonchev–Trinajstić information content (AvgIpc) is 3.15. The molecular weight excluding hydrogens is 366 g/mol. The number of methoxy groups -OCH3 is 1. The Balaban J connectivity index is 1.61. The molecule has 0 fully saturated rings. The Morgan fingerprint density at radius 3 is 2.63 bits per heavy atom. The van der Waals surface area contributed by atoms with Gasteiger partial charge in [0.05, 0.1) is 12.9 Å². The Morgan fingerprint density at radius 1 is 1.15 bits per heavy atom. The molecule has 0 saturated carbocycles. The van der Waals surface area contributed by atoms with Crippen molar-refractivity contribution in [2.45, 2.75) is 12.1 Å².